The van der Waals surface area contributed by atoms with Gasteiger partial charge < -0.3 is 15.0 Å². The molecule has 0 spiro atoms. The van der Waals surface area contributed by atoms with Gasteiger partial charge >= 0.3 is 0 Å². The Bertz CT molecular complexity index is 289. The second-order valence-electron chi connectivity index (χ2n) is 3.55. The van der Waals surface area contributed by atoms with Crippen molar-refractivity contribution in [2.45, 2.75) is 6.92 Å². The van der Waals surface area contributed by atoms with Gasteiger partial charge in [0.15, 0.2) is 0 Å². The van der Waals surface area contributed by atoms with Crippen molar-refractivity contribution in [3.8, 4) is 5.75 Å². The molecule has 0 heterocycles. The lowest BCUT2D eigenvalue weighted by Crippen LogP contribution is -2.24. The van der Waals surface area contributed by atoms with E-state index in [9.17, 15) is 0 Å². The van der Waals surface area contributed by atoms with Gasteiger partial charge in [-0.25, -0.2) is 0 Å². The van der Waals surface area contributed by atoms with Crippen LogP contribution in [0.25, 0.3) is 0 Å². The standard InChI is InChI=1S/C12H20N2O/c1-4-14(2)9-8-13-11-6-5-7-12(10-11)15-3/h5-7,10,13H,4,8-9H2,1-3H3. The summed E-state index contributed by atoms with van der Waals surface area (Å²) in [6.45, 7) is 5.25. The number of nitrogens with one attached hydrogen (secondary N) is 1. The molecule has 0 aliphatic heterocycles. The van der Waals surface area contributed by atoms with Gasteiger partial charge in [-0.15, -0.1) is 0 Å². The molecule has 15 heavy (non-hydrogen) atoms. The van der Waals surface area contributed by atoms with Crippen molar-refractivity contribution in [2.24, 2.45) is 0 Å². The van der Waals surface area contributed by atoms with Crippen LogP contribution in [-0.4, -0.2) is 38.7 Å². The van der Waals surface area contributed by atoms with Crippen LogP contribution in [0.15, 0.2) is 24.3 Å². The van der Waals surface area contributed by atoms with Crippen LogP contribution >= 0.6 is 0 Å². The maximum absolute atomic E-state index is 5.15. The van der Waals surface area contributed by atoms with Gasteiger partial charge in [0.2, 0.25) is 0 Å². The highest BCUT2D eigenvalue weighted by molar-refractivity contribution is 5.48. The van der Waals surface area contributed by atoms with Gasteiger partial charge in [0.05, 0.1) is 7.11 Å². The van der Waals surface area contributed by atoms with Crippen LogP contribution in [0.1, 0.15) is 6.92 Å². The van der Waals surface area contributed by atoms with E-state index in [0.717, 1.165) is 31.1 Å². The third-order valence-electron chi connectivity index (χ3n) is 2.43. The van der Waals surface area contributed by atoms with Crippen LogP contribution in [0, 0.1) is 0 Å². The number of methoxy groups -OCH3 is 1. The quantitative estimate of drug-likeness (QED) is 0.774. The van der Waals surface area contributed by atoms with Crippen LogP contribution in [0.4, 0.5) is 5.69 Å². The maximum atomic E-state index is 5.15. The number of rotatable bonds is 6. The topological polar surface area (TPSA) is 24.5 Å². The van der Waals surface area contributed by atoms with Crippen LogP contribution in [0.5, 0.6) is 5.75 Å². The zero-order valence-corrected chi connectivity index (χ0v) is 9.79. The molecule has 0 aliphatic carbocycles. The molecule has 0 unspecified atom stereocenters. The minimum Gasteiger partial charge on any atom is -0.497 e. The third kappa shape index (κ3) is 4.21. The predicted molar refractivity (Wildman–Crippen MR) is 64.7 cm³/mol. The molecule has 84 valence electrons. The Balaban J connectivity index is 2.37. The molecule has 0 atom stereocenters. The van der Waals surface area contributed by atoms with Gasteiger partial charge in [-0.2, -0.15) is 0 Å². The minimum absolute atomic E-state index is 0.892. The van der Waals surface area contributed by atoms with Crippen LogP contribution in [-0.2, 0) is 0 Å². The van der Waals surface area contributed by atoms with E-state index in [1.807, 2.05) is 18.2 Å². The number of benzene rings is 1. The molecule has 0 fully saturated rings. The first kappa shape index (κ1) is 11.9. The Morgan fingerprint density at radius 2 is 2.20 bits per heavy atom. The molecule has 0 saturated carbocycles. The van der Waals surface area contributed by atoms with Crippen molar-refractivity contribution in [1.82, 2.24) is 4.90 Å². The van der Waals surface area contributed by atoms with Crippen molar-refractivity contribution >= 4 is 5.69 Å². The number of anilines is 1. The summed E-state index contributed by atoms with van der Waals surface area (Å²) in [5, 5.41) is 3.36. The average molecular weight is 208 g/mol. The molecule has 3 nitrogen and oxygen atoms in total. The smallest absolute Gasteiger partial charge is 0.120 e. The van der Waals surface area contributed by atoms with E-state index >= 15 is 0 Å². The maximum Gasteiger partial charge on any atom is 0.120 e. The highest BCUT2D eigenvalue weighted by Crippen LogP contribution is 2.16. The first-order chi connectivity index (χ1) is 7.26. The van der Waals surface area contributed by atoms with Crippen molar-refractivity contribution in [1.29, 1.82) is 0 Å². The molecule has 1 aromatic carbocycles. The Morgan fingerprint density at radius 3 is 2.87 bits per heavy atom. The zero-order valence-electron chi connectivity index (χ0n) is 9.79. The fourth-order valence-corrected chi connectivity index (χ4v) is 1.28. The molecule has 1 rings (SSSR count). The Morgan fingerprint density at radius 1 is 1.40 bits per heavy atom. The summed E-state index contributed by atoms with van der Waals surface area (Å²) in [7, 11) is 3.80. The molecule has 0 bridgehead atoms. The second-order valence-corrected chi connectivity index (χ2v) is 3.55. The molecule has 3 heteroatoms. The molecule has 0 saturated heterocycles. The summed E-state index contributed by atoms with van der Waals surface area (Å²) in [6, 6.07) is 7.99. The van der Waals surface area contributed by atoms with E-state index in [1.54, 1.807) is 7.11 Å². The van der Waals surface area contributed by atoms with E-state index in [-0.39, 0.29) is 0 Å². The summed E-state index contributed by atoms with van der Waals surface area (Å²) in [4.78, 5) is 2.27. The highest BCUT2D eigenvalue weighted by atomic mass is 16.5. The highest BCUT2D eigenvalue weighted by Gasteiger charge is 1.96. The monoisotopic (exact) mass is 208 g/mol. The number of ether oxygens (including phenoxy) is 1. The van der Waals surface area contributed by atoms with Crippen LogP contribution in [0.3, 0.4) is 0 Å². The van der Waals surface area contributed by atoms with E-state index in [4.69, 9.17) is 4.74 Å². The molecular weight excluding hydrogens is 188 g/mol. The lowest BCUT2D eigenvalue weighted by Gasteiger charge is -2.14. The normalized spacial score (nSPS) is 10.4. The summed E-state index contributed by atoms with van der Waals surface area (Å²) < 4.78 is 5.15. The van der Waals surface area contributed by atoms with E-state index in [1.165, 1.54) is 0 Å². The van der Waals surface area contributed by atoms with Crippen molar-refractivity contribution in [3.63, 3.8) is 0 Å². The van der Waals surface area contributed by atoms with Crippen LogP contribution in [0.2, 0.25) is 0 Å². The third-order valence-corrected chi connectivity index (χ3v) is 2.43. The van der Waals surface area contributed by atoms with Crippen molar-refractivity contribution in [3.05, 3.63) is 24.3 Å². The Hall–Kier alpha value is -1.22. The SMILES string of the molecule is CCN(C)CCNc1cccc(OC)c1. The number of hydrogen-bond acceptors (Lipinski definition) is 3. The average Bonchev–Trinajstić information content (AvgIpc) is 2.29. The molecule has 0 amide bonds. The lowest BCUT2D eigenvalue weighted by molar-refractivity contribution is 0.367. The van der Waals surface area contributed by atoms with E-state index in [2.05, 4.69) is 30.3 Å². The first-order valence-corrected chi connectivity index (χ1v) is 5.32. The number of nitrogens with zero attached hydrogens (tertiary/aromatic N) is 1. The molecular formula is C12H20N2O. The lowest BCUT2D eigenvalue weighted by atomic mass is 10.3. The van der Waals surface area contributed by atoms with Gasteiger partial charge in [-0.05, 0) is 25.7 Å². The van der Waals surface area contributed by atoms with Gasteiger partial charge in [-0.3, -0.25) is 0 Å². The Labute approximate surface area is 92.0 Å². The van der Waals surface area contributed by atoms with Gasteiger partial charge in [0, 0.05) is 24.8 Å². The zero-order chi connectivity index (χ0) is 11.1. The number of hydrogen-bond donors (Lipinski definition) is 1. The minimum atomic E-state index is 0.892. The first-order valence-electron chi connectivity index (χ1n) is 5.32. The predicted octanol–water partition coefficient (Wildman–Crippen LogP) is 2.06. The summed E-state index contributed by atoms with van der Waals surface area (Å²) in [5.41, 5.74) is 1.11. The molecule has 1 N–H and O–H groups in total. The number of likely N-dealkylation sites (N-methyl/N-ethyl adjacent to an activating group) is 1. The van der Waals surface area contributed by atoms with Gasteiger partial charge in [0.25, 0.3) is 0 Å². The molecule has 0 radical (unpaired) electrons. The van der Waals surface area contributed by atoms with E-state index < -0.39 is 0 Å². The largest absolute Gasteiger partial charge is 0.497 e. The van der Waals surface area contributed by atoms with E-state index in [0.29, 0.717) is 0 Å². The fourth-order valence-electron chi connectivity index (χ4n) is 1.28. The van der Waals surface area contributed by atoms with Crippen molar-refractivity contribution < 1.29 is 4.74 Å². The summed E-state index contributed by atoms with van der Waals surface area (Å²) >= 11 is 0. The molecule has 0 aliphatic rings. The van der Waals surface area contributed by atoms with Crippen LogP contribution < -0.4 is 10.1 Å². The summed E-state index contributed by atoms with van der Waals surface area (Å²) in [5.74, 6) is 0.892. The van der Waals surface area contributed by atoms with Crippen molar-refractivity contribution in [2.75, 3.05) is 39.1 Å². The Kier molecular flexibility index (Phi) is 4.98. The molecule has 1 aromatic rings. The fraction of sp³-hybridized carbons (Fsp3) is 0.500. The molecule has 0 aromatic heterocycles. The van der Waals surface area contributed by atoms with Gasteiger partial charge in [-0.1, -0.05) is 13.0 Å². The second kappa shape index (κ2) is 6.30. The van der Waals surface area contributed by atoms with Gasteiger partial charge in [0.1, 0.15) is 5.75 Å². The summed E-state index contributed by atoms with van der Waals surface area (Å²) in [6.07, 6.45) is 0.